The number of ether oxygens (including phenoxy) is 1. The first-order valence-electron chi connectivity index (χ1n) is 7.82. The van der Waals surface area contributed by atoms with Crippen molar-refractivity contribution in [3.05, 3.63) is 60.4 Å². The molecule has 2 N–H and O–H groups in total. The van der Waals surface area contributed by atoms with E-state index in [1.807, 2.05) is 48.8 Å². The molecule has 0 fully saturated rings. The van der Waals surface area contributed by atoms with Crippen molar-refractivity contribution in [2.24, 2.45) is 0 Å². The molecule has 24 heavy (non-hydrogen) atoms. The Kier molecular flexibility index (Phi) is 3.54. The summed E-state index contributed by atoms with van der Waals surface area (Å²) in [5.41, 5.74) is 2.92. The van der Waals surface area contributed by atoms with Crippen LogP contribution in [-0.4, -0.2) is 22.8 Å². The molecule has 1 amide bonds. The highest BCUT2D eigenvalue weighted by Gasteiger charge is 2.23. The van der Waals surface area contributed by atoms with Crippen LogP contribution in [0.2, 0.25) is 0 Å². The number of benzene rings is 2. The van der Waals surface area contributed by atoms with Crippen LogP contribution in [0.1, 0.15) is 18.0 Å². The number of rotatable bonds is 2. The van der Waals surface area contributed by atoms with Crippen molar-refractivity contribution in [3.63, 3.8) is 0 Å². The molecule has 120 valence electrons. The van der Waals surface area contributed by atoms with Crippen molar-refractivity contribution in [2.45, 2.75) is 12.5 Å². The van der Waals surface area contributed by atoms with E-state index >= 15 is 0 Å². The number of hydrogen-bond acceptors (Lipinski definition) is 3. The first-order valence-corrected chi connectivity index (χ1v) is 7.82. The number of pyridine rings is 1. The molecule has 0 saturated heterocycles. The van der Waals surface area contributed by atoms with Gasteiger partial charge in [0.1, 0.15) is 5.75 Å². The fraction of sp³-hybridized carbons (Fsp3) is 0.158. The maximum Gasteiger partial charge on any atom is 0.405 e. The van der Waals surface area contributed by atoms with Gasteiger partial charge in [0.05, 0.1) is 12.6 Å². The number of nitrogens with zero attached hydrogens (tertiary/aromatic N) is 1. The summed E-state index contributed by atoms with van der Waals surface area (Å²) in [5.74, 6) is 0.727. The molecule has 2 aromatic carbocycles. The van der Waals surface area contributed by atoms with Gasteiger partial charge in [0.2, 0.25) is 0 Å². The largest absolute Gasteiger partial charge is 0.493 e. The van der Waals surface area contributed by atoms with Crippen molar-refractivity contribution in [1.82, 2.24) is 10.3 Å². The Morgan fingerprint density at radius 1 is 1.21 bits per heavy atom. The van der Waals surface area contributed by atoms with E-state index in [9.17, 15) is 4.79 Å². The van der Waals surface area contributed by atoms with Crippen molar-refractivity contribution in [2.75, 3.05) is 6.61 Å². The predicted octanol–water partition coefficient (Wildman–Crippen LogP) is 3.99. The number of carbonyl (C=O) groups is 1. The van der Waals surface area contributed by atoms with Crippen LogP contribution < -0.4 is 10.1 Å². The molecule has 3 aromatic rings. The minimum atomic E-state index is -1.02. The van der Waals surface area contributed by atoms with Gasteiger partial charge in [0, 0.05) is 35.3 Å². The van der Waals surface area contributed by atoms with Gasteiger partial charge in [-0.25, -0.2) is 4.79 Å². The molecular weight excluding hydrogens is 304 g/mol. The third kappa shape index (κ3) is 2.54. The van der Waals surface area contributed by atoms with Gasteiger partial charge in [0.25, 0.3) is 0 Å². The molecule has 1 aliphatic rings. The van der Waals surface area contributed by atoms with Crippen LogP contribution in [0.3, 0.4) is 0 Å². The Bertz CT molecular complexity index is 918. The average Bonchev–Trinajstić information content (AvgIpc) is 2.60. The minimum Gasteiger partial charge on any atom is -0.493 e. The molecule has 1 unspecified atom stereocenters. The maximum absolute atomic E-state index is 11.0. The van der Waals surface area contributed by atoms with Gasteiger partial charge in [-0.3, -0.25) is 4.98 Å². The van der Waals surface area contributed by atoms with Crippen molar-refractivity contribution >= 4 is 16.9 Å². The van der Waals surface area contributed by atoms with Crippen LogP contribution >= 0.6 is 0 Å². The van der Waals surface area contributed by atoms with Crippen LogP contribution in [-0.2, 0) is 0 Å². The lowest BCUT2D eigenvalue weighted by atomic mass is 9.95. The average molecular weight is 320 g/mol. The zero-order chi connectivity index (χ0) is 16.5. The van der Waals surface area contributed by atoms with Gasteiger partial charge < -0.3 is 15.2 Å². The molecule has 1 aliphatic heterocycles. The monoisotopic (exact) mass is 320 g/mol. The minimum absolute atomic E-state index is 0.231. The number of aromatic nitrogens is 1. The molecule has 1 aromatic heterocycles. The smallest absolute Gasteiger partial charge is 0.405 e. The van der Waals surface area contributed by atoms with E-state index in [2.05, 4.69) is 16.4 Å². The third-order valence-electron chi connectivity index (χ3n) is 4.33. The lowest BCUT2D eigenvalue weighted by Gasteiger charge is -2.26. The van der Waals surface area contributed by atoms with Crippen LogP contribution in [0, 0.1) is 0 Å². The van der Waals surface area contributed by atoms with Crippen molar-refractivity contribution in [3.8, 4) is 16.9 Å². The molecule has 0 aliphatic carbocycles. The number of carboxylic acid groups (broad SMARTS) is 1. The fourth-order valence-corrected chi connectivity index (χ4v) is 3.20. The SMILES string of the molecule is O=C(O)NC1CCOc2cc(-c3cncc4ccccc34)ccc21. The molecule has 4 rings (SSSR count). The van der Waals surface area contributed by atoms with E-state index in [1.54, 1.807) is 0 Å². The molecule has 5 nitrogen and oxygen atoms in total. The van der Waals surface area contributed by atoms with E-state index in [4.69, 9.17) is 9.84 Å². The van der Waals surface area contributed by atoms with Gasteiger partial charge >= 0.3 is 6.09 Å². The number of nitrogens with one attached hydrogen (secondary N) is 1. The highest BCUT2D eigenvalue weighted by atomic mass is 16.5. The Labute approximate surface area is 138 Å². The van der Waals surface area contributed by atoms with Gasteiger partial charge in [-0.15, -0.1) is 0 Å². The number of fused-ring (bicyclic) bond motifs is 2. The summed E-state index contributed by atoms with van der Waals surface area (Å²) in [6.07, 6.45) is 3.31. The quantitative estimate of drug-likeness (QED) is 0.749. The first kappa shape index (κ1) is 14.5. The Morgan fingerprint density at radius 2 is 2.08 bits per heavy atom. The van der Waals surface area contributed by atoms with E-state index in [1.165, 1.54) is 0 Å². The molecule has 0 radical (unpaired) electrons. The predicted molar refractivity (Wildman–Crippen MR) is 91.2 cm³/mol. The topological polar surface area (TPSA) is 71.5 Å². The zero-order valence-electron chi connectivity index (χ0n) is 12.9. The highest BCUT2D eigenvalue weighted by Crippen LogP contribution is 2.37. The lowest BCUT2D eigenvalue weighted by Crippen LogP contribution is -2.30. The zero-order valence-corrected chi connectivity index (χ0v) is 12.9. The Hall–Kier alpha value is -3.08. The van der Waals surface area contributed by atoms with Crippen LogP contribution in [0.5, 0.6) is 5.75 Å². The summed E-state index contributed by atoms with van der Waals surface area (Å²) in [6, 6.07) is 13.8. The molecule has 1 atom stereocenters. The van der Waals surface area contributed by atoms with E-state index in [0.29, 0.717) is 13.0 Å². The summed E-state index contributed by atoms with van der Waals surface area (Å²) in [6.45, 7) is 0.495. The Balaban J connectivity index is 1.79. The van der Waals surface area contributed by atoms with Crippen molar-refractivity contribution < 1.29 is 14.6 Å². The van der Waals surface area contributed by atoms with E-state index < -0.39 is 6.09 Å². The maximum atomic E-state index is 11.0. The second-order valence-electron chi connectivity index (χ2n) is 5.80. The summed E-state index contributed by atoms with van der Waals surface area (Å²) < 4.78 is 5.76. The highest BCUT2D eigenvalue weighted by molar-refractivity contribution is 5.95. The standard InChI is InChI=1S/C19H16N2O3/c22-19(23)21-17-7-8-24-18-9-12(5-6-15(17)18)16-11-20-10-13-3-1-2-4-14(13)16/h1-6,9-11,17,21H,7-8H2,(H,22,23). The molecule has 0 saturated carbocycles. The Morgan fingerprint density at radius 3 is 2.96 bits per heavy atom. The van der Waals surface area contributed by atoms with Gasteiger partial charge in [-0.2, -0.15) is 0 Å². The summed E-state index contributed by atoms with van der Waals surface area (Å²) in [5, 5.41) is 13.7. The van der Waals surface area contributed by atoms with Gasteiger partial charge in [-0.05, 0) is 17.0 Å². The number of amides is 1. The van der Waals surface area contributed by atoms with Gasteiger partial charge in [-0.1, -0.05) is 36.4 Å². The van der Waals surface area contributed by atoms with Crippen LogP contribution in [0.4, 0.5) is 4.79 Å². The third-order valence-corrected chi connectivity index (χ3v) is 4.33. The van der Waals surface area contributed by atoms with Gasteiger partial charge in [0.15, 0.2) is 0 Å². The fourth-order valence-electron chi connectivity index (χ4n) is 3.20. The summed E-state index contributed by atoms with van der Waals surface area (Å²) in [7, 11) is 0. The summed E-state index contributed by atoms with van der Waals surface area (Å²) >= 11 is 0. The molecule has 0 spiro atoms. The van der Waals surface area contributed by atoms with Crippen LogP contribution in [0.25, 0.3) is 21.9 Å². The van der Waals surface area contributed by atoms with Crippen LogP contribution in [0.15, 0.2) is 54.9 Å². The molecule has 2 heterocycles. The molecule has 0 bridgehead atoms. The summed E-state index contributed by atoms with van der Waals surface area (Å²) in [4.78, 5) is 15.3. The second-order valence-corrected chi connectivity index (χ2v) is 5.80. The van der Waals surface area contributed by atoms with Crippen molar-refractivity contribution in [1.29, 1.82) is 0 Å². The second kappa shape index (κ2) is 5.85. The molecular formula is C19H16N2O3. The lowest BCUT2D eigenvalue weighted by molar-refractivity contribution is 0.182. The normalized spacial score (nSPS) is 16.2. The van der Waals surface area contributed by atoms with E-state index in [-0.39, 0.29) is 6.04 Å². The first-order chi connectivity index (χ1) is 11.7. The number of hydrogen-bond donors (Lipinski definition) is 2. The van der Waals surface area contributed by atoms with E-state index in [0.717, 1.165) is 33.2 Å². The molecule has 5 heteroatoms.